The Morgan fingerprint density at radius 2 is 1.97 bits per heavy atom. The smallest absolute Gasteiger partial charge is 0.0811 e. The Hall–Kier alpha value is -0.900. The van der Waals surface area contributed by atoms with E-state index in [4.69, 9.17) is 0 Å². The maximum Gasteiger partial charge on any atom is 0.0811 e. The summed E-state index contributed by atoms with van der Waals surface area (Å²) in [6, 6.07) is 0. The third-order valence-electron chi connectivity index (χ3n) is 8.44. The Bertz CT molecular complexity index is 683. The minimum Gasteiger partial charge on any atom is -0.393 e. The van der Waals surface area contributed by atoms with Crippen LogP contribution < -0.4 is 0 Å². The normalized spacial score (nSPS) is 38.8. The summed E-state index contributed by atoms with van der Waals surface area (Å²) >= 11 is 0. The van der Waals surface area contributed by atoms with Gasteiger partial charge in [-0.25, -0.2) is 0 Å². The topological polar surface area (TPSA) is 60.7 Å². The van der Waals surface area contributed by atoms with Gasteiger partial charge in [0.2, 0.25) is 0 Å². The summed E-state index contributed by atoms with van der Waals surface area (Å²) in [5, 5.41) is 30.2. The van der Waals surface area contributed by atoms with E-state index >= 15 is 0 Å². The second kappa shape index (κ2) is 9.30. The summed E-state index contributed by atoms with van der Waals surface area (Å²) in [5.74, 6) is 2.11. The molecule has 0 spiro atoms. The van der Waals surface area contributed by atoms with Crippen molar-refractivity contribution >= 4 is 0 Å². The molecule has 3 N–H and O–H groups in total. The molecular weight excluding hydrogens is 372 g/mol. The van der Waals surface area contributed by atoms with Gasteiger partial charge in [-0.05, 0) is 93.1 Å². The quantitative estimate of drug-likeness (QED) is 0.520. The second-order valence-electron chi connectivity index (χ2n) is 11.3. The average Bonchev–Trinajstić information content (AvgIpc) is 3.00. The summed E-state index contributed by atoms with van der Waals surface area (Å²) in [6.07, 6.45) is 13.9. The molecule has 0 aromatic heterocycles. The largest absolute Gasteiger partial charge is 0.393 e. The number of aliphatic hydroxyl groups excluding tert-OH is 2. The first-order valence-corrected chi connectivity index (χ1v) is 12.2. The molecule has 0 unspecified atom stereocenters. The molecule has 3 heteroatoms. The van der Waals surface area contributed by atoms with Crippen LogP contribution in [0.3, 0.4) is 0 Å². The van der Waals surface area contributed by atoms with Crippen LogP contribution in [0.1, 0.15) is 91.9 Å². The number of hydrogen-bond acceptors (Lipinski definition) is 3. The first-order valence-electron chi connectivity index (χ1n) is 12.2. The Labute approximate surface area is 184 Å². The van der Waals surface area contributed by atoms with Crippen molar-refractivity contribution in [2.24, 2.45) is 23.2 Å². The van der Waals surface area contributed by atoms with Crippen LogP contribution in [-0.4, -0.2) is 33.1 Å². The molecule has 3 aliphatic rings. The van der Waals surface area contributed by atoms with Crippen molar-refractivity contribution in [1.29, 1.82) is 0 Å². The molecular formula is C27H44O3. The SMILES string of the molecule is C=C1/C(=C/C=C2\CCC[C@@]3(C)[C@H]2CC[C@H]3[C@@H](C)CCCC(C)(C)O)C[C@@H](O)C[C@H]1O. The first-order chi connectivity index (χ1) is 14.0. The number of rotatable bonds is 6. The fourth-order valence-corrected chi connectivity index (χ4v) is 6.74. The Kier molecular flexibility index (Phi) is 7.37. The fraction of sp³-hybridized carbons (Fsp3) is 0.778. The predicted octanol–water partition coefficient (Wildman–Crippen LogP) is 5.70. The van der Waals surface area contributed by atoms with Gasteiger partial charge in [0.05, 0.1) is 17.8 Å². The summed E-state index contributed by atoms with van der Waals surface area (Å²) in [6.45, 7) is 12.8. The molecule has 3 saturated carbocycles. The summed E-state index contributed by atoms with van der Waals surface area (Å²) in [7, 11) is 0. The van der Waals surface area contributed by atoms with E-state index in [9.17, 15) is 15.3 Å². The molecule has 6 atom stereocenters. The molecule has 30 heavy (non-hydrogen) atoms. The highest BCUT2D eigenvalue weighted by atomic mass is 16.3. The molecule has 170 valence electrons. The van der Waals surface area contributed by atoms with Crippen LogP contribution in [0, 0.1) is 23.2 Å². The summed E-state index contributed by atoms with van der Waals surface area (Å²) in [5.41, 5.74) is 3.17. The fourth-order valence-electron chi connectivity index (χ4n) is 6.74. The van der Waals surface area contributed by atoms with E-state index in [1.54, 1.807) is 5.57 Å². The molecule has 0 amide bonds. The molecule has 0 aromatic carbocycles. The molecule has 3 fully saturated rings. The maximum absolute atomic E-state index is 10.1. The van der Waals surface area contributed by atoms with Gasteiger partial charge in [-0.15, -0.1) is 0 Å². The zero-order valence-corrected chi connectivity index (χ0v) is 19.7. The van der Waals surface area contributed by atoms with E-state index in [0.29, 0.717) is 30.1 Å². The van der Waals surface area contributed by atoms with Gasteiger partial charge in [0.1, 0.15) is 0 Å². The van der Waals surface area contributed by atoms with Crippen molar-refractivity contribution in [3.05, 3.63) is 35.5 Å². The zero-order chi connectivity index (χ0) is 22.1. The van der Waals surface area contributed by atoms with E-state index in [2.05, 4.69) is 32.6 Å². The van der Waals surface area contributed by atoms with E-state index in [-0.39, 0.29) is 0 Å². The minimum atomic E-state index is -0.615. The average molecular weight is 417 g/mol. The lowest BCUT2D eigenvalue weighted by atomic mass is 9.60. The van der Waals surface area contributed by atoms with Crippen LogP contribution in [0.15, 0.2) is 35.5 Å². The summed E-state index contributed by atoms with van der Waals surface area (Å²) in [4.78, 5) is 0. The van der Waals surface area contributed by atoms with Crippen LogP contribution in [-0.2, 0) is 0 Å². The number of allylic oxidation sites excluding steroid dienone is 3. The Morgan fingerprint density at radius 3 is 2.67 bits per heavy atom. The molecule has 0 aliphatic heterocycles. The maximum atomic E-state index is 10.1. The molecule has 3 nitrogen and oxygen atoms in total. The van der Waals surface area contributed by atoms with Crippen molar-refractivity contribution < 1.29 is 15.3 Å². The van der Waals surface area contributed by atoms with Gasteiger partial charge in [-0.1, -0.05) is 51.0 Å². The third kappa shape index (κ3) is 5.29. The minimum absolute atomic E-state index is 0.374. The van der Waals surface area contributed by atoms with Crippen molar-refractivity contribution in [3.8, 4) is 0 Å². The molecule has 0 saturated heterocycles. The monoisotopic (exact) mass is 416 g/mol. The molecule has 0 aromatic rings. The molecule has 0 heterocycles. The molecule has 3 rings (SSSR count). The molecule has 3 aliphatic carbocycles. The van der Waals surface area contributed by atoms with Gasteiger partial charge in [0.25, 0.3) is 0 Å². The van der Waals surface area contributed by atoms with Crippen molar-refractivity contribution in [2.45, 2.75) is 110 Å². The zero-order valence-electron chi connectivity index (χ0n) is 19.7. The third-order valence-corrected chi connectivity index (χ3v) is 8.44. The first kappa shape index (κ1) is 23.8. The Balaban J connectivity index is 1.70. The number of hydrogen-bond donors (Lipinski definition) is 3. The highest BCUT2D eigenvalue weighted by Crippen LogP contribution is 2.60. The highest BCUT2D eigenvalue weighted by Gasteiger charge is 2.50. The lowest BCUT2D eigenvalue weighted by molar-refractivity contribution is 0.0596. The lowest BCUT2D eigenvalue weighted by Crippen LogP contribution is -2.36. The van der Waals surface area contributed by atoms with Crippen LogP contribution in [0.25, 0.3) is 0 Å². The van der Waals surface area contributed by atoms with Gasteiger partial charge in [0.15, 0.2) is 0 Å². The van der Waals surface area contributed by atoms with E-state index in [0.717, 1.165) is 29.9 Å². The van der Waals surface area contributed by atoms with Crippen LogP contribution in [0.4, 0.5) is 0 Å². The summed E-state index contributed by atoms with van der Waals surface area (Å²) < 4.78 is 0. The van der Waals surface area contributed by atoms with Crippen molar-refractivity contribution in [1.82, 2.24) is 0 Å². The van der Waals surface area contributed by atoms with E-state index in [1.807, 2.05) is 13.8 Å². The highest BCUT2D eigenvalue weighted by molar-refractivity contribution is 5.38. The van der Waals surface area contributed by atoms with E-state index in [1.165, 1.54) is 38.5 Å². The van der Waals surface area contributed by atoms with Crippen molar-refractivity contribution in [3.63, 3.8) is 0 Å². The number of fused-ring (bicyclic) bond motifs is 1. The molecule has 0 radical (unpaired) electrons. The lowest BCUT2D eigenvalue weighted by Gasteiger charge is -2.44. The van der Waals surface area contributed by atoms with Gasteiger partial charge < -0.3 is 15.3 Å². The van der Waals surface area contributed by atoms with Crippen LogP contribution in [0.2, 0.25) is 0 Å². The number of aliphatic hydroxyl groups is 3. The van der Waals surface area contributed by atoms with Crippen LogP contribution >= 0.6 is 0 Å². The van der Waals surface area contributed by atoms with Gasteiger partial charge in [-0.3, -0.25) is 0 Å². The molecule has 0 bridgehead atoms. The van der Waals surface area contributed by atoms with Gasteiger partial charge in [0, 0.05) is 6.42 Å². The Morgan fingerprint density at radius 1 is 1.23 bits per heavy atom. The van der Waals surface area contributed by atoms with Gasteiger partial charge >= 0.3 is 0 Å². The standard InChI is InChI=1S/C27H44O3/c1-18(8-6-14-26(3,4)30)23-12-13-24-20(9-7-15-27(23,24)5)10-11-21-16-22(28)17-25(29)19(21)2/h10-11,18,22-25,28-30H,2,6-9,12-17H2,1,3-5H3/b20-10+,21-11+/t18-,22+,23-,24-,25+,27+/m0/s1. The second-order valence-corrected chi connectivity index (χ2v) is 11.3. The van der Waals surface area contributed by atoms with Crippen LogP contribution in [0.5, 0.6) is 0 Å². The van der Waals surface area contributed by atoms with E-state index < -0.39 is 17.8 Å². The predicted molar refractivity (Wildman–Crippen MR) is 124 cm³/mol. The van der Waals surface area contributed by atoms with Gasteiger partial charge in [-0.2, -0.15) is 0 Å². The van der Waals surface area contributed by atoms with Crippen molar-refractivity contribution in [2.75, 3.05) is 0 Å².